The first-order valence-electron chi connectivity index (χ1n) is 5.11. The monoisotopic (exact) mass is 250 g/mol. The predicted octanol–water partition coefficient (Wildman–Crippen LogP) is 0.0532. The summed E-state index contributed by atoms with van der Waals surface area (Å²) in [7, 11) is -3.45. The van der Waals surface area contributed by atoms with Crippen molar-refractivity contribution in [1.29, 1.82) is 0 Å². The fraction of sp³-hybridized carbons (Fsp3) is 0.900. The van der Waals surface area contributed by atoms with Crippen LogP contribution in [0.15, 0.2) is 0 Å². The van der Waals surface area contributed by atoms with Crippen LogP contribution >= 0.6 is 0 Å². The average Bonchev–Trinajstić information content (AvgIpc) is 1.70. The zero-order valence-corrected chi connectivity index (χ0v) is 11.4. The number of hydrogen-bond acceptors (Lipinski definition) is 4. The van der Waals surface area contributed by atoms with Gasteiger partial charge in [-0.3, -0.25) is 4.79 Å². The van der Waals surface area contributed by atoms with E-state index in [1.54, 1.807) is 34.6 Å². The Hall–Kier alpha value is -0.620. The van der Waals surface area contributed by atoms with Gasteiger partial charge < -0.3 is 11.1 Å². The Morgan fingerprint density at radius 3 is 1.94 bits per heavy atom. The molecule has 0 aromatic carbocycles. The molecule has 6 heteroatoms. The maximum Gasteiger partial charge on any atom is 0.235 e. The summed E-state index contributed by atoms with van der Waals surface area (Å²) in [5, 5.41) is 2.60. The predicted molar refractivity (Wildman–Crippen MR) is 64.8 cm³/mol. The minimum atomic E-state index is -3.45. The van der Waals surface area contributed by atoms with Gasteiger partial charge in [-0.15, -0.1) is 0 Å². The highest BCUT2D eigenvalue weighted by Crippen LogP contribution is 2.05. The normalized spacial score (nSPS) is 13.6. The van der Waals surface area contributed by atoms with E-state index in [1.165, 1.54) is 0 Å². The van der Waals surface area contributed by atoms with Crippen LogP contribution in [-0.4, -0.2) is 36.9 Å². The zero-order valence-electron chi connectivity index (χ0n) is 10.6. The van der Waals surface area contributed by atoms with E-state index in [-0.39, 0.29) is 5.75 Å². The minimum Gasteiger partial charge on any atom is -0.351 e. The van der Waals surface area contributed by atoms with E-state index in [2.05, 4.69) is 5.32 Å². The summed E-state index contributed by atoms with van der Waals surface area (Å²) in [6.45, 7) is 8.62. The second-order valence-electron chi connectivity index (χ2n) is 5.82. The smallest absolute Gasteiger partial charge is 0.235 e. The van der Waals surface area contributed by atoms with Gasteiger partial charge in [0.1, 0.15) is 5.75 Å². The largest absolute Gasteiger partial charge is 0.351 e. The van der Waals surface area contributed by atoms with Crippen molar-refractivity contribution in [3.05, 3.63) is 0 Å². The van der Waals surface area contributed by atoms with Crippen molar-refractivity contribution in [3.63, 3.8) is 0 Å². The molecule has 0 bridgehead atoms. The summed E-state index contributed by atoms with van der Waals surface area (Å²) in [4.78, 5) is 11.4. The van der Waals surface area contributed by atoms with E-state index in [0.717, 1.165) is 0 Å². The third-order valence-corrected chi connectivity index (χ3v) is 3.34. The van der Waals surface area contributed by atoms with E-state index < -0.39 is 32.6 Å². The fourth-order valence-corrected chi connectivity index (χ4v) is 2.98. The first kappa shape index (κ1) is 15.4. The van der Waals surface area contributed by atoms with E-state index in [9.17, 15) is 13.2 Å². The van der Waals surface area contributed by atoms with Gasteiger partial charge in [0.05, 0.1) is 5.75 Å². The molecule has 0 fully saturated rings. The molecule has 0 spiro atoms. The number of amides is 1. The molecule has 0 aliphatic heterocycles. The summed E-state index contributed by atoms with van der Waals surface area (Å²) in [6.07, 6.45) is 0. The molecule has 0 atom stereocenters. The van der Waals surface area contributed by atoms with Gasteiger partial charge in [-0.25, -0.2) is 8.42 Å². The maximum atomic E-state index is 11.6. The summed E-state index contributed by atoms with van der Waals surface area (Å²) < 4.78 is 23.2. The molecule has 0 aliphatic carbocycles. The molecule has 0 saturated heterocycles. The molecule has 3 N–H and O–H groups in total. The topological polar surface area (TPSA) is 89.3 Å². The number of hydrogen-bond donors (Lipinski definition) is 2. The molecule has 96 valence electrons. The molecule has 0 aromatic rings. The van der Waals surface area contributed by atoms with Crippen LogP contribution in [0.2, 0.25) is 0 Å². The van der Waals surface area contributed by atoms with Crippen molar-refractivity contribution in [3.8, 4) is 0 Å². The molecule has 0 radical (unpaired) electrons. The lowest BCUT2D eigenvalue weighted by molar-refractivity contribution is -0.120. The third-order valence-electron chi connectivity index (χ3n) is 1.46. The second kappa shape index (κ2) is 4.71. The Bertz CT molecular complexity index is 347. The van der Waals surface area contributed by atoms with Crippen LogP contribution in [0.3, 0.4) is 0 Å². The Kier molecular flexibility index (Phi) is 4.53. The molecular formula is C10H22N2O3S. The summed E-state index contributed by atoms with van der Waals surface area (Å²) in [5.74, 6) is -1.20. The van der Waals surface area contributed by atoms with Crippen molar-refractivity contribution in [2.45, 2.75) is 45.7 Å². The van der Waals surface area contributed by atoms with Crippen LogP contribution in [0.25, 0.3) is 0 Å². The first-order valence-corrected chi connectivity index (χ1v) is 6.93. The number of nitrogens with one attached hydrogen (secondary N) is 1. The molecule has 0 rings (SSSR count). The number of rotatable bonds is 4. The quantitative estimate of drug-likeness (QED) is 0.738. The van der Waals surface area contributed by atoms with E-state index in [0.29, 0.717) is 0 Å². The zero-order chi connectivity index (χ0) is 13.2. The molecule has 16 heavy (non-hydrogen) atoms. The highest BCUT2D eigenvalue weighted by Gasteiger charge is 2.26. The van der Waals surface area contributed by atoms with Crippen LogP contribution in [0.1, 0.15) is 34.6 Å². The fourth-order valence-electron chi connectivity index (χ4n) is 1.27. The number of sulfone groups is 1. The summed E-state index contributed by atoms with van der Waals surface area (Å²) in [6, 6.07) is 0. The van der Waals surface area contributed by atoms with Gasteiger partial charge in [0.25, 0.3) is 0 Å². The Morgan fingerprint density at radius 2 is 1.62 bits per heavy atom. The highest BCUT2D eigenvalue weighted by molar-refractivity contribution is 7.92. The summed E-state index contributed by atoms with van der Waals surface area (Å²) in [5.41, 5.74) is 4.37. The third kappa shape index (κ3) is 8.67. The Morgan fingerprint density at radius 1 is 1.19 bits per heavy atom. The van der Waals surface area contributed by atoms with Crippen LogP contribution < -0.4 is 11.1 Å². The minimum absolute atomic E-state index is 0.197. The Balaban J connectivity index is 4.45. The van der Waals surface area contributed by atoms with Gasteiger partial charge in [-0.2, -0.15) is 0 Å². The van der Waals surface area contributed by atoms with E-state index in [4.69, 9.17) is 5.73 Å². The molecule has 0 aliphatic rings. The molecular weight excluding hydrogens is 228 g/mol. The highest BCUT2D eigenvalue weighted by atomic mass is 32.2. The number of carbonyl (C=O) groups is 1. The molecule has 0 saturated carbocycles. The lowest BCUT2D eigenvalue weighted by atomic mass is 10.1. The van der Waals surface area contributed by atoms with Crippen molar-refractivity contribution in [2.75, 3.05) is 11.5 Å². The number of carbonyl (C=O) groups excluding carboxylic acids is 1. The molecule has 1 amide bonds. The summed E-state index contributed by atoms with van der Waals surface area (Å²) >= 11 is 0. The lowest BCUT2D eigenvalue weighted by Gasteiger charge is -2.22. The second-order valence-corrected chi connectivity index (χ2v) is 7.88. The maximum absolute atomic E-state index is 11.6. The average molecular weight is 250 g/mol. The van der Waals surface area contributed by atoms with E-state index in [1.807, 2.05) is 0 Å². The van der Waals surface area contributed by atoms with Crippen LogP contribution in [0.4, 0.5) is 0 Å². The van der Waals surface area contributed by atoms with Crippen LogP contribution in [0.5, 0.6) is 0 Å². The van der Waals surface area contributed by atoms with Crippen molar-refractivity contribution < 1.29 is 13.2 Å². The van der Waals surface area contributed by atoms with Crippen molar-refractivity contribution in [1.82, 2.24) is 5.32 Å². The van der Waals surface area contributed by atoms with Gasteiger partial charge in [-0.1, -0.05) is 0 Å². The van der Waals surface area contributed by atoms with Gasteiger partial charge >= 0.3 is 0 Å². The van der Waals surface area contributed by atoms with E-state index >= 15 is 0 Å². The van der Waals surface area contributed by atoms with Crippen LogP contribution in [-0.2, 0) is 14.6 Å². The van der Waals surface area contributed by atoms with Gasteiger partial charge in [0, 0.05) is 11.1 Å². The molecule has 5 nitrogen and oxygen atoms in total. The molecule has 0 heterocycles. The van der Waals surface area contributed by atoms with Gasteiger partial charge in [0.15, 0.2) is 9.84 Å². The molecule has 0 aromatic heterocycles. The first-order chi connectivity index (χ1) is 6.81. The van der Waals surface area contributed by atoms with Crippen molar-refractivity contribution >= 4 is 15.7 Å². The SMILES string of the molecule is CC(C)(N)CS(=O)(=O)CC(=O)NC(C)(C)C. The van der Waals surface area contributed by atoms with Gasteiger partial charge in [-0.05, 0) is 34.6 Å². The van der Waals surface area contributed by atoms with Gasteiger partial charge in [0.2, 0.25) is 5.91 Å². The number of nitrogens with two attached hydrogens (primary N) is 1. The molecule has 0 unspecified atom stereocenters. The standard InChI is InChI=1S/C10H22N2O3S/c1-9(2,3)12-8(13)6-16(14,15)7-10(4,5)11/h6-7,11H2,1-5H3,(H,12,13). The van der Waals surface area contributed by atoms with Crippen LogP contribution in [0, 0.1) is 0 Å². The Labute approximate surface area is 97.7 Å². The lowest BCUT2D eigenvalue weighted by Crippen LogP contribution is -2.46. The van der Waals surface area contributed by atoms with Crippen molar-refractivity contribution in [2.24, 2.45) is 5.73 Å².